The van der Waals surface area contributed by atoms with E-state index in [1.807, 2.05) is 0 Å². The van der Waals surface area contributed by atoms with Crippen molar-refractivity contribution in [2.24, 2.45) is 0 Å². The van der Waals surface area contributed by atoms with Crippen LogP contribution in [0.3, 0.4) is 0 Å². The maximum atomic E-state index is 8.00. The van der Waals surface area contributed by atoms with Crippen LogP contribution in [0, 0.1) is 23.2 Å². The number of nitrogens with zero attached hydrogens (tertiary/aromatic N) is 1. The van der Waals surface area contributed by atoms with E-state index < -0.39 is 0 Å². The fraction of sp³-hybridized carbons (Fsp3) is 0. The Morgan fingerprint density at radius 1 is 1.56 bits per heavy atom. The Kier molecular flexibility index (Phi) is 1.57. The first-order valence-corrected chi connectivity index (χ1v) is 2.37. The van der Waals surface area contributed by atoms with E-state index in [1.165, 1.54) is 6.26 Å². The van der Waals surface area contributed by atoms with Crippen molar-refractivity contribution in [3.8, 4) is 17.9 Å². The summed E-state index contributed by atoms with van der Waals surface area (Å²) in [5.41, 5.74) is 0. The average Bonchev–Trinajstić information content (AvgIpc) is 2.34. The van der Waals surface area contributed by atoms with Gasteiger partial charge in [0.05, 0.1) is 6.26 Å². The molecule has 0 fully saturated rings. The number of rotatable bonds is 0. The topological polar surface area (TPSA) is 36.9 Å². The summed E-state index contributed by atoms with van der Waals surface area (Å²) in [5.74, 6) is 5.23. The van der Waals surface area contributed by atoms with Gasteiger partial charge in [0.15, 0.2) is 11.8 Å². The summed E-state index contributed by atoms with van der Waals surface area (Å²) in [4.78, 5) is 0. The SMILES string of the molecule is N#CC#Cc1ccco1. The third kappa shape index (κ3) is 1.36. The molecule has 2 heteroatoms. The predicted molar refractivity (Wildman–Crippen MR) is 31.2 cm³/mol. The summed E-state index contributed by atoms with van der Waals surface area (Å²) in [6.07, 6.45) is 1.52. The van der Waals surface area contributed by atoms with Gasteiger partial charge in [-0.3, -0.25) is 0 Å². The van der Waals surface area contributed by atoms with Crippen LogP contribution in [0.5, 0.6) is 0 Å². The predicted octanol–water partition coefficient (Wildman–Crippen LogP) is 1.15. The molecule has 0 amide bonds. The molecule has 0 aliphatic heterocycles. The van der Waals surface area contributed by atoms with Crippen molar-refractivity contribution in [1.82, 2.24) is 0 Å². The maximum Gasteiger partial charge on any atom is 0.177 e. The highest BCUT2D eigenvalue weighted by molar-refractivity contribution is 5.30. The Bertz CT molecular complexity index is 268. The van der Waals surface area contributed by atoms with Gasteiger partial charge in [-0.15, -0.1) is 0 Å². The molecule has 0 spiro atoms. The standard InChI is InChI=1S/C7H3NO/c8-5-1-3-7-4-2-6-9-7/h2,4,6H. The van der Waals surface area contributed by atoms with E-state index in [0.717, 1.165) is 0 Å². The molecule has 0 aromatic carbocycles. The lowest BCUT2D eigenvalue weighted by Gasteiger charge is -1.70. The minimum Gasteiger partial charge on any atom is -0.456 e. The number of hydrogen-bond donors (Lipinski definition) is 0. The minimum atomic E-state index is 0.525. The van der Waals surface area contributed by atoms with Gasteiger partial charge in [-0.25, -0.2) is 0 Å². The zero-order valence-electron chi connectivity index (χ0n) is 4.59. The van der Waals surface area contributed by atoms with Gasteiger partial charge >= 0.3 is 0 Å². The van der Waals surface area contributed by atoms with E-state index in [0.29, 0.717) is 5.76 Å². The molecule has 1 aromatic rings. The van der Waals surface area contributed by atoms with Crippen LogP contribution in [-0.4, -0.2) is 0 Å². The first kappa shape index (κ1) is 5.47. The summed E-state index contributed by atoms with van der Waals surface area (Å²) >= 11 is 0. The monoisotopic (exact) mass is 117 g/mol. The van der Waals surface area contributed by atoms with Gasteiger partial charge in [0, 0.05) is 5.92 Å². The fourth-order valence-electron chi connectivity index (χ4n) is 0.439. The van der Waals surface area contributed by atoms with Crippen LogP contribution in [-0.2, 0) is 0 Å². The van der Waals surface area contributed by atoms with Gasteiger partial charge < -0.3 is 4.42 Å². The quantitative estimate of drug-likeness (QED) is 0.478. The molecule has 42 valence electrons. The van der Waals surface area contributed by atoms with Gasteiger partial charge in [-0.2, -0.15) is 5.26 Å². The average molecular weight is 117 g/mol. The highest BCUT2D eigenvalue weighted by Crippen LogP contribution is 1.95. The molecule has 1 rings (SSSR count). The first-order chi connectivity index (χ1) is 4.43. The summed E-state index contributed by atoms with van der Waals surface area (Å²) in [7, 11) is 0. The maximum absolute atomic E-state index is 8.00. The normalized spacial score (nSPS) is 7.00. The van der Waals surface area contributed by atoms with E-state index in [4.69, 9.17) is 9.68 Å². The molecule has 0 aliphatic carbocycles. The summed E-state index contributed by atoms with van der Waals surface area (Å²) in [6, 6.07) is 5.11. The van der Waals surface area contributed by atoms with Gasteiger partial charge in [-0.05, 0) is 18.1 Å². The smallest absolute Gasteiger partial charge is 0.177 e. The molecule has 0 N–H and O–H groups in total. The Labute approximate surface area is 52.7 Å². The number of hydrogen-bond acceptors (Lipinski definition) is 2. The first-order valence-electron chi connectivity index (χ1n) is 2.37. The Morgan fingerprint density at radius 3 is 3.00 bits per heavy atom. The highest BCUT2D eigenvalue weighted by atomic mass is 16.3. The molecule has 0 bridgehead atoms. The second-order valence-electron chi connectivity index (χ2n) is 1.34. The molecule has 2 nitrogen and oxygen atoms in total. The van der Waals surface area contributed by atoms with Crippen LogP contribution in [0.2, 0.25) is 0 Å². The lowest BCUT2D eigenvalue weighted by molar-refractivity contribution is 0.554. The Hall–Kier alpha value is -1.67. The van der Waals surface area contributed by atoms with Crippen molar-refractivity contribution >= 4 is 0 Å². The minimum absolute atomic E-state index is 0.525. The van der Waals surface area contributed by atoms with Crippen molar-refractivity contribution in [3.05, 3.63) is 24.2 Å². The third-order valence-electron chi connectivity index (χ3n) is 0.763. The molecule has 0 aliphatic rings. The van der Waals surface area contributed by atoms with Crippen molar-refractivity contribution in [2.45, 2.75) is 0 Å². The Balaban J connectivity index is 2.82. The van der Waals surface area contributed by atoms with Crippen molar-refractivity contribution < 1.29 is 4.42 Å². The molecular weight excluding hydrogens is 114 g/mol. The second kappa shape index (κ2) is 2.59. The lowest BCUT2D eigenvalue weighted by atomic mass is 10.4. The van der Waals surface area contributed by atoms with Crippen LogP contribution >= 0.6 is 0 Å². The third-order valence-corrected chi connectivity index (χ3v) is 0.763. The molecule has 0 unspecified atom stereocenters. The molecule has 0 saturated carbocycles. The molecule has 1 aromatic heterocycles. The molecule has 0 radical (unpaired) electrons. The molecule has 0 saturated heterocycles. The summed E-state index contributed by atoms with van der Waals surface area (Å²) in [5, 5.41) is 8.00. The zero-order valence-corrected chi connectivity index (χ0v) is 4.59. The fourth-order valence-corrected chi connectivity index (χ4v) is 0.439. The summed E-state index contributed by atoms with van der Waals surface area (Å²) < 4.78 is 4.81. The van der Waals surface area contributed by atoms with Crippen molar-refractivity contribution in [2.75, 3.05) is 0 Å². The molecule has 9 heavy (non-hydrogen) atoms. The van der Waals surface area contributed by atoms with E-state index in [2.05, 4.69) is 11.8 Å². The zero-order chi connectivity index (χ0) is 6.53. The molecule has 0 atom stereocenters. The second-order valence-corrected chi connectivity index (χ2v) is 1.34. The van der Waals surface area contributed by atoms with Gasteiger partial charge in [0.1, 0.15) is 0 Å². The van der Waals surface area contributed by atoms with Gasteiger partial charge in [-0.1, -0.05) is 0 Å². The number of nitriles is 1. The van der Waals surface area contributed by atoms with E-state index in [-0.39, 0.29) is 0 Å². The van der Waals surface area contributed by atoms with E-state index in [1.54, 1.807) is 18.2 Å². The van der Waals surface area contributed by atoms with Gasteiger partial charge in [0.25, 0.3) is 0 Å². The van der Waals surface area contributed by atoms with Gasteiger partial charge in [0.2, 0.25) is 0 Å². The van der Waals surface area contributed by atoms with Crippen LogP contribution in [0.25, 0.3) is 0 Å². The van der Waals surface area contributed by atoms with E-state index >= 15 is 0 Å². The van der Waals surface area contributed by atoms with Crippen LogP contribution in [0.15, 0.2) is 22.8 Å². The van der Waals surface area contributed by atoms with Crippen molar-refractivity contribution in [3.63, 3.8) is 0 Å². The Morgan fingerprint density at radius 2 is 2.44 bits per heavy atom. The van der Waals surface area contributed by atoms with E-state index in [9.17, 15) is 0 Å². The van der Waals surface area contributed by atoms with Crippen molar-refractivity contribution in [1.29, 1.82) is 5.26 Å². The van der Waals surface area contributed by atoms with Crippen LogP contribution in [0.4, 0.5) is 0 Å². The molecule has 1 heterocycles. The number of furan rings is 1. The largest absolute Gasteiger partial charge is 0.456 e. The highest BCUT2D eigenvalue weighted by Gasteiger charge is 1.83. The molecular formula is C7H3NO. The lowest BCUT2D eigenvalue weighted by Crippen LogP contribution is -1.59. The summed E-state index contributed by atoms with van der Waals surface area (Å²) in [6.45, 7) is 0. The van der Waals surface area contributed by atoms with Crippen LogP contribution in [0.1, 0.15) is 5.76 Å². The van der Waals surface area contributed by atoms with Crippen LogP contribution < -0.4 is 0 Å².